The summed E-state index contributed by atoms with van der Waals surface area (Å²) in [5.74, 6) is 0.736. The number of hydrogen-bond donors (Lipinski definition) is 1. The van der Waals surface area contributed by atoms with Gasteiger partial charge < -0.3 is 10.5 Å². The second-order valence-corrected chi connectivity index (χ2v) is 7.31. The maximum Gasteiger partial charge on any atom is 0.0736 e. The van der Waals surface area contributed by atoms with Gasteiger partial charge in [0.2, 0.25) is 0 Å². The van der Waals surface area contributed by atoms with Gasteiger partial charge in [-0.2, -0.15) is 0 Å². The molecule has 0 radical (unpaired) electrons. The minimum absolute atomic E-state index is 0.0396. The summed E-state index contributed by atoms with van der Waals surface area (Å²) in [5, 5.41) is 0. The minimum Gasteiger partial charge on any atom is -0.371 e. The molecule has 0 aromatic carbocycles. The van der Waals surface area contributed by atoms with Crippen molar-refractivity contribution in [3.63, 3.8) is 0 Å². The van der Waals surface area contributed by atoms with Crippen molar-refractivity contribution in [1.29, 1.82) is 0 Å². The van der Waals surface area contributed by atoms with E-state index in [9.17, 15) is 0 Å². The Balaban J connectivity index is 2.64. The fourth-order valence-electron chi connectivity index (χ4n) is 2.57. The first-order valence-corrected chi connectivity index (χ1v) is 7.09. The molecule has 17 heavy (non-hydrogen) atoms. The Morgan fingerprint density at radius 2 is 1.71 bits per heavy atom. The molecule has 0 spiro atoms. The molecule has 0 amide bonds. The number of ether oxygens (including phenoxy) is 1. The number of rotatable bonds is 3. The van der Waals surface area contributed by atoms with Gasteiger partial charge in [0.15, 0.2) is 0 Å². The van der Waals surface area contributed by atoms with Crippen LogP contribution in [-0.4, -0.2) is 17.7 Å². The summed E-state index contributed by atoms with van der Waals surface area (Å²) in [6.45, 7) is 13.5. The predicted molar refractivity (Wildman–Crippen MR) is 74.0 cm³/mol. The van der Waals surface area contributed by atoms with Crippen LogP contribution in [0.3, 0.4) is 0 Å². The third-order valence-electron chi connectivity index (χ3n) is 4.39. The molecule has 0 aromatic rings. The van der Waals surface area contributed by atoms with E-state index in [0.717, 1.165) is 25.2 Å². The SMILES string of the molecule is CCC(C)(C)OC1CC(C(C)(C)C)CCC1N. The molecule has 102 valence electrons. The van der Waals surface area contributed by atoms with Crippen LogP contribution < -0.4 is 5.73 Å². The van der Waals surface area contributed by atoms with Crippen molar-refractivity contribution in [3.8, 4) is 0 Å². The molecule has 3 atom stereocenters. The Bertz CT molecular complexity index is 242. The number of hydrogen-bond acceptors (Lipinski definition) is 2. The first-order valence-electron chi connectivity index (χ1n) is 7.09. The second-order valence-electron chi connectivity index (χ2n) is 7.31. The van der Waals surface area contributed by atoms with Crippen LogP contribution in [0.5, 0.6) is 0 Å². The van der Waals surface area contributed by atoms with Gasteiger partial charge in [-0.1, -0.05) is 27.7 Å². The highest BCUT2D eigenvalue weighted by molar-refractivity contribution is 4.89. The zero-order valence-corrected chi connectivity index (χ0v) is 12.5. The highest BCUT2D eigenvalue weighted by atomic mass is 16.5. The minimum atomic E-state index is -0.0396. The maximum atomic E-state index is 6.24. The summed E-state index contributed by atoms with van der Waals surface area (Å²) in [4.78, 5) is 0. The fraction of sp³-hybridized carbons (Fsp3) is 1.00. The molecule has 1 aliphatic rings. The summed E-state index contributed by atoms with van der Waals surface area (Å²) in [6.07, 6.45) is 4.75. The monoisotopic (exact) mass is 241 g/mol. The maximum absolute atomic E-state index is 6.24. The summed E-state index contributed by atoms with van der Waals surface area (Å²) in [5.41, 5.74) is 6.55. The molecule has 2 heteroatoms. The van der Waals surface area contributed by atoms with E-state index in [1.54, 1.807) is 0 Å². The summed E-state index contributed by atoms with van der Waals surface area (Å²) >= 11 is 0. The third-order valence-corrected chi connectivity index (χ3v) is 4.39. The molecule has 0 aromatic heterocycles. The smallest absolute Gasteiger partial charge is 0.0736 e. The molecular weight excluding hydrogens is 210 g/mol. The Kier molecular flexibility index (Phi) is 4.65. The topological polar surface area (TPSA) is 35.2 Å². The van der Waals surface area contributed by atoms with E-state index >= 15 is 0 Å². The Hall–Kier alpha value is -0.0800. The molecule has 3 unspecified atom stereocenters. The predicted octanol–water partition coefficient (Wildman–Crippen LogP) is 3.73. The van der Waals surface area contributed by atoms with Gasteiger partial charge in [-0.25, -0.2) is 0 Å². The van der Waals surface area contributed by atoms with Gasteiger partial charge in [-0.05, 0) is 50.9 Å². The van der Waals surface area contributed by atoms with Gasteiger partial charge in [0.1, 0.15) is 0 Å². The highest BCUT2D eigenvalue weighted by Crippen LogP contribution is 2.39. The summed E-state index contributed by atoms with van der Waals surface area (Å²) in [6, 6.07) is 0.222. The normalized spacial score (nSPS) is 31.6. The fourth-order valence-corrected chi connectivity index (χ4v) is 2.57. The zero-order valence-electron chi connectivity index (χ0n) is 12.5. The van der Waals surface area contributed by atoms with Crippen LogP contribution in [0.4, 0.5) is 0 Å². The van der Waals surface area contributed by atoms with Crippen LogP contribution in [0.1, 0.15) is 67.2 Å². The molecule has 1 saturated carbocycles. The lowest BCUT2D eigenvalue weighted by Gasteiger charge is -2.43. The van der Waals surface area contributed by atoms with Crippen molar-refractivity contribution in [1.82, 2.24) is 0 Å². The van der Waals surface area contributed by atoms with Gasteiger partial charge in [0.25, 0.3) is 0 Å². The Labute approximate surface area is 107 Å². The second kappa shape index (κ2) is 5.27. The Morgan fingerprint density at radius 3 is 2.18 bits per heavy atom. The zero-order chi connectivity index (χ0) is 13.3. The average Bonchev–Trinajstić information content (AvgIpc) is 2.19. The van der Waals surface area contributed by atoms with E-state index in [-0.39, 0.29) is 17.7 Å². The van der Waals surface area contributed by atoms with Crippen molar-refractivity contribution in [2.45, 2.75) is 85.0 Å². The van der Waals surface area contributed by atoms with Crippen molar-refractivity contribution >= 4 is 0 Å². The van der Waals surface area contributed by atoms with Crippen LogP contribution in [0, 0.1) is 11.3 Å². The van der Waals surface area contributed by atoms with Gasteiger partial charge in [0, 0.05) is 6.04 Å². The lowest BCUT2D eigenvalue weighted by Crippen LogP contribution is -2.47. The van der Waals surface area contributed by atoms with E-state index in [1.165, 1.54) is 6.42 Å². The first kappa shape index (κ1) is 15.0. The first-order chi connectivity index (χ1) is 7.65. The standard InChI is InChI=1S/C15H31NO/c1-7-15(5,6)17-13-10-11(14(2,3)4)8-9-12(13)16/h11-13H,7-10,16H2,1-6H3. The van der Waals surface area contributed by atoms with Crippen LogP contribution in [0.25, 0.3) is 0 Å². The largest absolute Gasteiger partial charge is 0.371 e. The molecule has 1 aliphatic carbocycles. The molecule has 2 N–H and O–H groups in total. The quantitative estimate of drug-likeness (QED) is 0.817. The van der Waals surface area contributed by atoms with Gasteiger partial charge >= 0.3 is 0 Å². The molecule has 0 heterocycles. The summed E-state index contributed by atoms with van der Waals surface area (Å²) in [7, 11) is 0. The van der Waals surface area contributed by atoms with Crippen molar-refractivity contribution in [3.05, 3.63) is 0 Å². The third kappa shape index (κ3) is 4.26. The summed E-state index contributed by atoms with van der Waals surface area (Å²) < 4.78 is 6.24. The van der Waals surface area contributed by atoms with Crippen LogP contribution >= 0.6 is 0 Å². The lowest BCUT2D eigenvalue weighted by molar-refractivity contribution is -0.108. The van der Waals surface area contributed by atoms with E-state index in [1.807, 2.05) is 0 Å². The molecule has 0 aliphatic heterocycles. The highest BCUT2D eigenvalue weighted by Gasteiger charge is 2.37. The van der Waals surface area contributed by atoms with Crippen molar-refractivity contribution < 1.29 is 4.74 Å². The van der Waals surface area contributed by atoms with E-state index in [0.29, 0.717) is 5.41 Å². The number of nitrogens with two attached hydrogens (primary N) is 1. The molecule has 1 fully saturated rings. The van der Waals surface area contributed by atoms with Gasteiger partial charge in [-0.15, -0.1) is 0 Å². The van der Waals surface area contributed by atoms with E-state index in [4.69, 9.17) is 10.5 Å². The molecule has 1 rings (SSSR count). The van der Waals surface area contributed by atoms with E-state index in [2.05, 4.69) is 41.5 Å². The van der Waals surface area contributed by atoms with Crippen LogP contribution in [0.15, 0.2) is 0 Å². The molecule has 0 saturated heterocycles. The average molecular weight is 241 g/mol. The van der Waals surface area contributed by atoms with Crippen LogP contribution in [0.2, 0.25) is 0 Å². The van der Waals surface area contributed by atoms with Gasteiger partial charge in [0.05, 0.1) is 11.7 Å². The van der Waals surface area contributed by atoms with Gasteiger partial charge in [-0.3, -0.25) is 0 Å². The van der Waals surface area contributed by atoms with Crippen molar-refractivity contribution in [2.75, 3.05) is 0 Å². The molecular formula is C15H31NO. The lowest BCUT2D eigenvalue weighted by atomic mass is 9.70. The van der Waals surface area contributed by atoms with E-state index < -0.39 is 0 Å². The molecule has 0 bridgehead atoms. The Morgan fingerprint density at radius 1 is 1.12 bits per heavy atom. The van der Waals surface area contributed by atoms with Crippen LogP contribution in [-0.2, 0) is 4.74 Å². The van der Waals surface area contributed by atoms with Crippen molar-refractivity contribution in [2.24, 2.45) is 17.1 Å². The molecule has 2 nitrogen and oxygen atoms in total.